The van der Waals surface area contributed by atoms with E-state index in [0.29, 0.717) is 19.5 Å². The predicted molar refractivity (Wildman–Crippen MR) is 117 cm³/mol. The number of carbonyl (C=O) groups excluding carboxylic acids is 2. The highest BCUT2D eigenvalue weighted by atomic mass is 16.3. The first-order valence-corrected chi connectivity index (χ1v) is 10.5. The average Bonchev–Trinajstić information content (AvgIpc) is 3.30. The van der Waals surface area contributed by atoms with Gasteiger partial charge in [-0.25, -0.2) is 0 Å². The summed E-state index contributed by atoms with van der Waals surface area (Å²) in [5.41, 5.74) is 0.852. The van der Waals surface area contributed by atoms with Gasteiger partial charge in [0.05, 0.1) is 12.8 Å². The number of likely N-dealkylation sites (tertiary alicyclic amines) is 1. The number of hydrogen-bond acceptors (Lipinski definition) is 4. The van der Waals surface area contributed by atoms with Crippen molar-refractivity contribution in [3.63, 3.8) is 0 Å². The fourth-order valence-electron chi connectivity index (χ4n) is 3.96. The topological polar surface area (TPSA) is 74.6 Å². The number of piperidine rings is 1. The van der Waals surface area contributed by atoms with Crippen LogP contribution < -0.4 is 10.6 Å². The Bertz CT molecular complexity index is 987. The summed E-state index contributed by atoms with van der Waals surface area (Å²) in [6.07, 6.45) is 3.68. The number of amides is 2. The second-order valence-corrected chi connectivity index (χ2v) is 7.74. The number of rotatable bonds is 7. The molecule has 0 radical (unpaired) electrons. The molecule has 0 spiro atoms. The summed E-state index contributed by atoms with van der Waals surface area (Å²) in [6.45, 7) is 2.80. The Kier molecular flexibility index (Phi) is 6.44. The normalized spacial score (nSPS) is 15.2. The van der Waals surface area contributed by atoms with Gasteiger partial charge < -0.3 is 20.0 Å². The Morgan fingerprint density at radius 1 is 1.00 bits per heavy atom. The third kappa shape index (κ3) is 5.07. The summed E-state index contributed by atoms with van der Waals surface area (Å²) in [7, 11) is 0. The molecular weight excluding hydrogens is 378 g/mol. The summed E-state index contributed by atoms with van der Waals surface area (Å²) < 4.78 is 5.25. The number of benzene rings is 2. The van der Waals surface area contributed by atoms with Gasteiger partial charge in [0, 0.05) is 30.0 Å². The van der Waals surface area contributed by atoms with Crippen LogP contribution in [0.1, 0.15) is 25.0 Å². The molecule has 1 aliphatic heterocycles. The second kappa shape index (κ2) is 9.59. The molecule has 2 amide bonds. The van der Waals surface area contributed by atoms with E-state index in [1.165, 1.54) is 0 Å². The van der Waals surface area contributed by atoms with Crippen LogP contribution >= 0.6 is 0 Å². The molecule has 0 bridgehead atoms. The first-order valence-electron chi connectivity index (χ1n) is 10.5. The summed E-state index contributed by atoms with van der Waals surface area (Å²) in [5, 5.41) is 8.15. The molecule has 1 aromatic heterocycles. The average molecular weight is 405 g/mol. The summed E-state index contributed by atoms with van der Waals surface area (Å²) in [4.78, 5) is 27.1. The lowest BCUT2D eigenvalue weighted by atomic mass is 9.96. The van der Waals surface area contributed by atoms with Gasteiger partial charge in [0.25, 0.3) is 0 Å². The molecule has 4 rings (SSSR count). The van der Waals surface area contributed by atoms with Crippen molar-refractivity contribution in [3.05, 3.63) is 66.6 Å². The van der Waals surface area contributed by atoms with Crippen molar-refractivity contribution in [2.24, 2.45) is 5.92 Å². The van der Waals surface area contributed by atoms with E-state index in [4.69, 9.17) is 4.42 Å². The highest BCUT2D eigenvalue weighted by Crippen LogP contribution is 2.23. The van der Waals surface area contributed by atoms with Crippen LogP contribution in [0.25, 0.3) is 10.8 Å². The Hall–Kier alpha value is -3.12. The van der Waals surface area contributed by atoms with Crippen molar-refractivity contribution in [3.8, 4) is 0 Å². The minimum Gasteiger partial charge on any atom is -0.467 e. The highest BCUT2D eigenvalue weighted by Gasteiger charge is 2.25. The van der Waals surface area contributed by atoms with Gasteiger partial charge in [0.1, 0.15) is 5.76 Å². The van der Waals surface area contributed by atoms with Gasteiger partial charge >= 0.3 is 0 Å². The van der Waals surface area contributed by atoms with E-state index < -0.39 is 0 Å². The third-order valence-electron chi connectivity index (χ3n) is 5.69. The lowest BCUT2D eigenvalue weighted by Crippen LogP contribution is -2.41. The largest absolute Gasteiger partial charge is 0.467 e. The van der Waals surface area contributed by atoms with E-state index >= 15 is 0 Å². The second-order valence-electron chi connectivity index (χ2n) is 7.74. The molecule has 2 aromatic carbocycles. The van der Waals surface area contributed by atoms with Gasteiger partial charge in [-0.1, -0.05) is 36.4 Å². The molecule has 3 aromatic rings. The van der Waals surface area contributed by atoms with E-state index in [-0.39, 0.29) is 17.7 Å². The van der Waals surface area contributed by atoms with Crippen LogP contribution in [0.5, 0.6) is 0 Å². The fraction of sp³-hybridized carbons (Fsp3) is 0.333. The lowest BCUT2D eigenvalue weighted by molar-refractivity contribution is -0.127. The van der Waals surface area contributed by atoms with E-state index in [1.54, 1.807) is 6.26 Å². The van der Waals surface area contributed by atoms with Crippen molar-refractivity contribution in [2.45, 2.75) is 25.8 Å². The molecular formula is C24H27N3O3. The van der Waals surface area contributed by atoms with Crippen molar-refractivity contribution >= 4 is 28.3 Å². The zero-order chi connectivity index (χ0) is 20.8. The van der Waals surface area contributed by atoms with Crippen LogP contribution in [-0.4, -0.2) is 36.3 Å². The molecule has 6 nitrogen and oxygen atoms in total. The molecule has 156 valence electrons. The van der Waals surface area contributed by atoms with Gasteiger partial charge in [-0.05, 0) is 49.5 Å². The van der Waals surface area contributed by atoms with Crippen LogP contribution in [0.2, 0.25) is 0 Å². The molecule has 30 heavy (non-hydrogen) atoms. The lowest BCUT2D eigenvalue weighted by Gasteiger charge is -2.31. The van der Waals surface area contributed by atoms with E-state index in [0.717, 1.165) is 48.2 Å². The van der Waals surface area contributed by atoms with Crippen LogP contribution in [0.3, 0.4) is 0 Å². The zero-order valence-corrected chi connectivity index (χ0v) is 17.0. The van der Waals surface area contributed by atoms with Crippen molar-refractivity contribution < 1.29 is 14.0 Å². The standard InChI is InChI=1S/C24H27N3O3/c28-23(26-22-9-3-6-18-5-1-2-8-21(18)22)12-15-27-13-10-19(11-14-27)24(29)25-17-20-7-4-16-30-20/h1-9,16,19H,10-15,17H2,(H,25,29)(H,26,28). The van der Waals surface area contributed by atoms with Crippen LogP contribution in [-0.2, 0) is 16.1 Å². The first kappa shape index (κ1) is 20.2. The molecule has 6 heteroatoms. The molecule has 1 saturated heterocycles. The van der Waals surface area contributed by atoms with Gasteiger partial charge in [-0.15, -0.1) is 0 Å². The summed E-state index contributed by atoms with van der Waals surface area (Å²) >= 11 is 0. The van der Waals surface area contributed by atoms with E-state index in [1.807, 2.05) is 54.6 Å². The van der Waals surface area contributed by atoms with Crippen LogP contribution in [0, 0.1) is 5.92 Å². The maximum atomic E-state index is 12.5. The number of nitrogens with one attached hydrogen (secondary N) is 2. The number of fused-ring (bicyclic) bond motifs is 1. The molecule has 1 aliphatic rings. The molecule has 0 aliphatic carbocycles. The Labute approximate surface area is 176 Å². The number of carbonyl (C=O) groups is 2. The Morgan fingerprint density at radius 3 is 2.60 bits per heavy atom. The number of anilines is 1. The van der Waals surface area contributed by atoms with Crippen molar-refractivity contribution in [2.75, 3.05) is 25.0 Å². The summed E-state index contributed by atoms with van der Waals surface area (Å²) in [6, 6.07) is 17.6. The predicted octanol–water partition coefficient (Wildman–Crippen LogP) is 3.79. The van der Waals surface area contributed by atoms with Gasteiger partial charge in [0.2, 0.25) is 11.8 Å². The smallest absolute Gasteiger partial charge is 0.225 e. The van der Waals surface area contributed by atoms with Crippen molar-refractivity contribution in [1.82, 2.24) is 10.2 Å². The summed E-state index contributed by atoms with van der Waals surface area (Å²) in [5.74, 6) is 0.892. The molecule has 2 N–H and O–H groups in total. The molecule has 1 fully saturated rings. The highest BCUT2D eigenvalue weighted by molar-refractivity contribution is 6.02. The molecule has 2 heterocycles. The number of furan rings is 1. The van der Waals surface area contributed by atoms with Gasteiger partial charge in [-0.3, -0.25) is 9.59 Å². The van der Waals surface area contributed by atoms with Gasteiger partial charge in [0.15, 0.2) is 0 Å². The monoisotopic (exact) mass is 405 g/mol. The Morgan fingerprint density at radius 2 is 1.80 bits per heavy atom. The number of nitrogens with zero attached hydrogens (tertiary/aromatic N) is 1. The molecule has 0 unspecified atom stereocenters. The van der Waals surface area contributed by atoms with E-state index in [9.17, 15) is 9.59 Å². The third-order valence-corrected chi connectivity index (χ3v) is 5.69. The van der Waals surface area contributed by atoms with Crippen LogP contribution in [0.4, 0.5) is 5.69 Å². The SMILES string of the molecule is O=C(CCN1CCC(C(=O)NCc2ccco2)CC1)Nc1cccc2ccccc12. The minimum absolute atomic E-state index is 0.0182. The molecule has 0 saturated carbocycles. The first-order chi connectivity index (χ1) is 14.7. The fourth-order valence-corrected chi connectivity index (χ4v) is 3.96. The quantitative estimate of drug-likeness (QED) is 0.627. The Balaban J connectivity index is 1.20. The zero-order valence-electron chi connectivity index (χ0n) is 17.0. The van der Waals surface area contributed by atoms with E-state index in [2.05, 4.69) is 15.5 Å². The van der Waals surface area contributed by atoms with Crippen LogP contribution in [0.15, 0.2) is 65.3 Å². The van der Waals surface area contributed by atoms with Gasteiger partial charge in [-0.2, -0.15) is 0 Å². The maximum absolute atomic E-state index is 12.5. The number of hydrogen-bond donors (Lipinski definition) is 2. The molecule has 0 atom stereocenters. The maximum Gasteiger partial charge on any atom is 0.225 e. The van der Waals surface area contributed by atoms with Crippen molar-refractivity contribution in [1.29, 1.82) is 0 Å². The minimum atomic E-state index is 0.0182.